The Balaban J connectivity index is 2.21. The van der Waals surface area contributed by atoms with Crippen molar-refractivity contribution in [3.8, 4) is 0 Å². The predicted molar refractivity (Wildman–Crippen MR) is 66.8 cm³/mol. The Morgan fingerprint density at radius 1 is 1.76 bits per heavy atom. The fourth-order valence-corrected chi connectivity index (χ4v) is 3.01. The number of hydrogen-bond donors (Lipinski definition) is 1. The lowest BCUT2D eigenvalue weighted by atomic mass is 10.2. The SMILES string of the molecule is Cc1csc(C(=O)N2CCOCC2CO)c1Cl. The minimum atomic E-state index is -0.269. The molecule has 0 saturated carbocycles. The van der Waals surface area contributed by atoms with Gasteiger partial charge in [0.05, 0.1) is 30.9 Å². The summed E-state index contributed by atoms with van der Waals surface area (Å²) in [4.78, 5) is 14.5. The van der Waals surface area contributed by atoms with E-state index in [1.165, 1.54) is 11.3 Å². The van der Waals surface area contributed by atoms with Crippen molar-refractivity contribution in [3.05, 3.63) is 20.8 Å². The Bertz CT molecular complexity index is 421. The third kappa shape index (κ3) is 2.47. The summed E-state index contributed by atoms with van der Waals surface area (Å²) in [7, 11) is 0. The number of nitrogens with zero attached hydrogens (tertiary/aromatic N) is 1. The highest BCUT2D eigenvalue weighted by molar-refractivity contribution is 7.13. The molecule has 0 aromatic carbocycles. The number of carbonyl (C=O) groups excluding carboxylic acids is 1. The predicted octanol–water partition coefficient (Wildman–Crippen LogP) is 1.54. The largest absolute Gasteiger partial charge is 0.394 e. The molecule has 6 heteroatoms. The molecule has 0 aliphatic carbocycles. The summed E-state index contributed by atoms with van der Waals surface area (Å²) < 4.78 is 5.24. The van der Waals surface area contributed by atoms with Gasteiger partial charge in [0.15, 0.2) is 0 Å². The summed E-state index contributed by atoms with van der Waals surface area (Å²) in [6.45, 7) is 3.16. The van der Waals surface area contributed by atoms with E-state index in [0.717, 1.165) is 5.56 Å². The Hall–Kier alpha value is -0.620. The molecule has 17 heavy (non-hydrogen) atoms. The van der Waals surface area contributed by atoms with Gasteiger partial charge >= 0.3 is 0 Å². The highest BCUT2D eigenvalue weighted by atomic mass is 35.5. The Kier molecular flexibility index (Phi) is 4.04. The summed E-state index contributed by atoms with van der Waals surface area (Å²) in [5.41, 5.74) is 0.911. The maximum absolute atomic E-state index is 12.3. The average molecular weight is 276 g/mol. The molecule has 2 rings (SSSR count). The fraction of sp³-hybridized carbons (Fsp3) is 0.545. The van der Waals surface area contributed by atoms with E-state index >= 15 is 0 Å². The van der Waals surface area contributed by atoms with Gasteiger partial charge in [0.25, 0.3) is 5.91 Å². The van der Waals surface area contributed by atoms with E-state index in [2.05, 4.69) is 0 Å². The van der Waals surface area contributed by atoms with Crippen molar-refractivity contribution in [2.45, 2.75) is 13.0 Å². The van der Waals surface area contributed by atoms with Crippen LogP contribution in [0.25, 0.3) is 0 Å². The summed E-state index contributed by atoms with van der Waals surface area (Å²) in [6.07, 6.45) is 0. The number of aliphatic hydroxyl groups is 1. The number of amides is 1. The summed E-state index contributed by atoms with van der Waals surface area (Å²) in [5.74, 6) is -0.115. The lowest BCUT2D eigenvalue weighted by Gasteiger charge is -2.34. The van der Waals surface area contributed by atoms with Crippen LogP contribution in [0.3, 0.4) is 0 Å². The molecule has 0 bridgehead atoms. The molecule has 1 amide bonds. The first-order chi connectivity index (χ1) is 8.15. The van der Waals surface area contributed by atoms with Gasteiger partial charge in [-0.2, -0.15) is 0 Å². The van der Waals surface area contributed by atoms with Gasteiger partial charge in [-0.25, -0.2) is 0 Å². The Morgan fingerprint density at radius 2 is 2.53 bits per heavy atom. The van der Waals surface area contributed by atoms with Crippen molar-refractivity contribution in [2.75, 3.05) is 26.4 Å². The third-order valence-electron chi connectivity index (χ3n) is 2.79. The van der Waals surface area contributed by atoms with Crippen LogP contribution < -0.4 is 0 Å². The molecule has 2 heterocycles. The third-order valence-corrected chi connectivity index (χ3v) is 4.48. The molecule has 0 spiro atoms. The minimum absolute atomic E-state index is 0.0896. The van der Waals surface area contributed by atoms with E-state index in [1.54, 1.807) is 4.90 Å². The van der Waals surface area contributed by atoms with Crippen molar-refractivity contribution in [2.24, 2.45) is 0 Å². The number of hydrogen-bond acceptors (Lipinski definition) is 4. The van der Waals surface area contributed by atoms with E-state index in [1.807, 2.05) is 12.3 Å². The first kappa shape index (κ1) is 12.8. The van der Waals surface area contributed by atoms with Gasteiger partial charge in [-0.05, 0) is 17.9 Å². The van der Waals surface area contributed by atoms with E-state index < -0.39 is 0 Å². The summed E-state index contributed by atoms with van der Waals surface area (Å²) >= 11 is 7.43. The lowest BCUT2D eigenvalue weighted by molar-refractivity contribution is -0.0181. The zero-order valence-corrected chi connectivity index (χ0v) is 11.1. The highest BCUT2D eigenvalue weighted by Gasteiger charge is 2.29. The number of thiophene rings is 1. The second kappa shape index (κ2) is 5.35. The summed E-state index contributed by atoms with van der Waals surface area (Å²) in [6, 6.07) is -0.269. The van der Waals surface area contributed by atoms with Crippen molar-refractivity contribution in [1.29, 1.82) is 0 Å². The average Bonchev–Trinajstić information content (AvgIpc) is 2.69. The smallest absolute Gasteiger partial charge is 0.265 e. The molecule has 94 valence electrons. The van der Waals surface area contributed by atoms with E-state index in [0.29, 0.717) is 29.7 Å². The second-order valence-electron chi connectivity index (χ2n) is 3.97. The van der Waals surface area contributed by atoms with Gasteiger partial charge in [-0.3, -0.25) is 4.79 Å². The van der Waals surface area contributed by atoms with Crippen LogP contribution in [-0.4, -0.2) is 48.3 Å². The van der Waals surface area contributed by atoms with Crippen molar-refractivity contribution < 1.29 is 14.6 Å². The molecule has 1 aromatic rings. The van der Waals surface area contributed by atoms with Gasteiger partial charge in [0.1, 0.15) is 4.88 Å². The van der Waals surface area contributed by atoms with Gasteiger partial charge in [-0.15, -0.1) is 11.3 Å². The standard InChI is InChI=1S/C11H14ClNO3S/c1-7-6-17-10(9(7)12)11(15)13-2-3-16-5-8(13)4-14/h6,8,14H,2-5H2,1H3. The molecular weight excluding hydrogens is 262 g/mol. The van der Waals surface area contributed by atoms with Crippen LogP contribution in [0.4, 0.5) is 0 Å². The maximum Gasteiger partial charge on any atom is 0.265 e. The molecule has 1 N–H and O–H groups in total. The molecule has 1 unspecified atom stereocenters. The molecule has 1 aliphatic heterocycles. The number of carbonyl (C=O) groups is 1. The van der Waals surface area contributed by atoms with Gasteiger partial charge in [-0.1, -0.05) is 11.6 Å². The van der Waals surface area contributed by atoms with Crippen LogP contribution in [-0.2, 0) is 4.74 Å². The summed E-state index contributed by atoms with van der Waals surface area (Å²) in [5, 5.41) is 11.6. The number of halogens is 1. The monoisotopic (exact) mass is 275 g/mol. The van der Waals surface area contributed by atoms with E-state index in [4.69, 9.17) is 16.3 Å². The molecule has 4 nitrogen and oxygen atoms in total. The highest BCUT2D eigenvalue weighted by Crippen LogP contribution is 2.29. The van der Waals surface area contributed by atoms with Crippen LogP contribution in [0.15, 0.2) is 5.38 Å². The quantitative estimate of drug-likeness (QED) is 0.891. The molecular formula is C11H14ClNO3S. The molecule has 1 saturated heterocycles. The Labute approximate surface area is 109 Å². The van der Waals surface area contributed by atoms with Crippen LogP contribution in [0.2, 0.25) is 5.02 Å². The van der Waals surface area contributed by atoms with E-state index in [-0.39, 0.29) is 18.6 Å². The topological polar surface area (TPSA) is 49.8 Å². The number of ether oxygens (including phenoxy) is 1. The van der Waals surface area contributed by atoms with Gasteiger partial charge < -0.3 is 14.7 Å². The number of aliphatic hydroxyl groups excluding tert-OH is 1. The fourth-order valence-electron chi connectivity index (χ4n) is 1.78. The van der Waals surface area contributed by atoms with Crippen molar-refractivity contribution >= 4 is 28.8 Å². The molecule has 1 aromatic heterocycles. The zero-order valence-electron chi connectivity index (χ0n) is 9.48. The number of morpholine rings is 1. The number of aryl methyl sites for hydroxylation is 1. The van der Waals surface area contributed by atoms with Gasteiger partial charge in [0, 0.05) is 6.54 Å². The molecule has 0 radical (unpaired) electrons. The molecule has 1 atom stereocenters. The lowest BCUT2D eigenvalue weighted by Crippen LogP contribution is -2.50. The zero-order chi connectivity index (χ0) is 12.4. The molecule has 1 fully saturated rings. The van der Waals surface area contributed by atoms with Gasteiger partial charge in [0.2, 0.25) is 0 Å². The first-order valence-corrected chi connectivity index (χ1v) is 6.64. The molecule has 1 aliphatic rings. The number of rotatable bonds is 2. The van der Waals surface area contributed by atoms with Crippen LogP contribution in [0.1, 0.15) is 15.2 Å². The minimum Gasteiger partial charge on any atom is -0.394 e. The first-order valence-electron chi connectivity index (χ1n) is 5.38. The van der Waals surface area contributed by atoms with Crippen molar-refractivity contribution in [3.63, 3.8) is 0 Å². The Morgan fingerprint density at radius 3 is 3.12 bits per heavy atom. The van der Waals surface area contributed by atoms with Crippen LogP contribution in [0, 0.1) is 6.92 Å². The van der Waals surface area contributed by atoms with E-state index in [9.17, 15) is 9.90 Å². The van der Waals surface area contributed by atoms with Crippen molar-refractivity contribution in [1.82, 2.24) is 4.90 Å². The van der Waals surface area contributed by atoms with Crippen LogP contribution >= 0.6 is 22.9 Å². The normalized spacial score (nSPS) is 20.6. The van der Waals surface area contributed by atoms with Crippen LogP contribution in [0.5, 0.6) is 0 Å². The second-order valence-corrected chi connectivity index (χ2v) is 5.23. The maximum atomic E-state index is 12.3.